The van der Waals surface area contributed by atoms with Gasteiger partial charge in [-0.05, 0) is 44.4 Å². The molecule has 0 aromatic rings. The van der Waals surface area contributed by atoms with E-state index < -0.39 is 0 Å². The first kappa shape index (κ1) is 16.2. The van der Waals surface area contributed by atoms with Crippen molar-refractivity contribution in [3.05, 3.63) is 0 Å². The zero-order valence-electron chi connectivity index (χ0n) is 14.1. The predicted octanol–water partition coefficient (Wildman–Crippen LogP) is 1.51. The summed E-state index contributed by atoms with van der Waals surface area (Å²) in [4.78, 5) is 16.3. The maximum Gasteiger partial charge on any atom is 0.251 e. The van der Waals surface area contributed by atoms with Gasteiger partial charge in [0.15, 0.2) is 0 Å². The van der Waals surface area contributed by atoms with E-state index in [1.165, 1.54) is 19.4 Å². The third-order valence-corrected chi connectivity index (χ3v) is 5.60. The lowest BCUT2D eigenvalue weighted by Gasteiger charge is -2.40. The van der Waals surface area contributed by atoms with Gasteiger partial charge in [0.05, 0.1) is 5.60 Å². The lowest BCUT2D eigenvalue weighted by atomic mass is 9.87. The van der Waals surface area contributed by atoms with Crippen molar-refractivity contribution in [2.45, 2.75) is 50.2 Å². The van der Waals surface area contributed by atoms with E-state index in [0.717, 1.165) is 57.9 Å². The number of ether oxygens (including phenoxy) is 2. The van der Waals surface area contributed by atoms with Crippen LogP contribution in [0, 0.1) is 5.92 Å². The maximum atomic E-state index is 12.1. The number of rotatable bonds is 3. The minimum atomic E-state index is -0.211. The second-order valence-electron chi connectivity index (χ2n) is 7.42. The van der Waals surface area contributed by atoms with E-state index in [2.05, 4.69) is 4.90 Å². The molecule has 3 rings (SSSR count). The molecule has 3 aliphatic heterocycles. The Morgan fingerprint density at radius 2 is 1.82 bits per heavy atom. The Morgan fingerprint density at radius 1 is 1.14 bits per heavy atom. The molecule has 0 unspecified atom stereocenters. The molecule has 5 heteroatoms. The van der Waals surface area contributed by atoms with Gasteiger partial charge in [-0.15, -0.1) is 0 Å². The van der Waals surface area contributed by atoms with Crippen LogP contribution < -0.4 is 0 Å². The van der Waals surface area contributed by atoms with Gasteiger partial charge in [0.25, 0.3) is 5.91 Å². The van der Waals surface area contributed by atoms with E-state index in [-0.39, 0.29) is 17.6 Å². The number of carbonyl (C=O) groups excluding carboxylic acids is 1. The molecule has 0 bridgehead atoms. The first-order chi connectivity index (χ1) is 10.6. The topological polar surface area (TPSA) is 42.0 Å². The van der Waals surface area contributed by atoms with Crippen LogP contribution in [0.15, 0.2) is 0 Å². The predicted molar refractivity (Wildman–Crippen MR) is 84.7 cm³/mol. The van der Waals surface area contributed by atoms with Crippen LogP contribution in [0.25, 0.3) is 0 Å². The highest BCUT2D eigenvalue weighted by Crippen LogP contribution is 2.39. The second-order valence-corrected chi connectivity index (χ2v) is 7.42. The first-order valence-corrected chi connectivity index (χ1v) is 8.77. The number of nitrogens with zero attached hydrogens (tertiary/aromatic N) is 2. The van der Waals surface area contributed by atoms with Crippen molar-refractivity contribution in [2.24, 2.45) is 5.92 Å². The minimum absolute atomic E-state index is 0.0253. The number of amides is 1. The Labute approximate surface area is 133 Å². The van der Waals surface area contributed by atoms with E-state index >= 15 is 0 Å². The largest absolute Gasteiger partial charge is 0.381 e. The number of hydrogen-bond acceptors (Lipinski definition) is 4. The van der Waals surface area contributed by atoms with Crippen molar-refractivity contribution in [2.75, 3.05) is 46.9 Å². The molecule has 0 aromatic heterocycles. The SMILES string of the molecule is CN(C)C(=O)[C@H]1CCC2(CCN(CC3CCOCC3)CC2)O1. The van der Waals surface area contributed by atoms with Crippen molar-refractivity contribution >= 4 is 5.91 Å². The quantitative estimate of drug-likeness (QED) is 0.792. The zero-order valence-corrected chi connectivity index (χ0v) is 14.1. The van der Waals surface area contributed by atoms with Crippen LogP contribution >= 0.6 is 0 Å². The molecule has 1 amide bonds. The Morgan fingerprint density at radius 3 is 2.45 bits per heavy atom. The Kier molecular flexibility index (Phi) is 5.05. The Balaban J connectivity index is 1.46. The lowest BCUT2D eigenvalue weighted by molar-refractivity contribution is -0.148. The highest BCUT2D eigenvalue weighted by molar-refractivity contribution is 5.80. The summed E-state index contributed by atoms with van der Waals surface area (Å²) in [6, 6.07) is 0. The van der Waals surface area contributed by atoms with E-state index in [0.29, 0.717) is 0 Å². The van der Waals surface area contributed by atoms with Gasteiger partial charge >= 0.3 is 0 Å². The standard InChI is InChI=1S/C17H30N2O3/c1-18(2)16(20)15-3-6-17(22-15)7-9-19(10-8-17)13-14-4-11-21-12-5-14/h14-15H,3-13H2,1-2H3/t15-/m1/s1. The highest BCUT2D eigenvalue weighted by Gasteiger charge is 2.45. The molecule has 22 heavy (non-hydrogen) atoms. The highest BCUT2D eigenvalue weighted by atomic mass is 16.5. The number of piperidine rings is 1. The van der Waals surface area contributed by atoms with Gasteiger partial charge in [-0.25, -0.2) is 0 Å². The van der Waals surface area contributed by atoms with Crippen LogP contribution in [0.4, 0.5) is 0 Å². The molecular formula is C17H30N2O3. The van der Waals surface area contributed by atoms with E-state index in [1.807, 2.05) is 14.1 Å². The van der Waals surface area contributed by atoms with Gasteiger partial charge in [0.2, 0.25) is 0 Å². The van der Waals surface area contributed by atoms with Crippen molar-refractivity contribution in [3.63, 3.8) is 0 Å². The fourth-order valence-electron chi connectivity index (χ4n) is 4.08. The summed E-state index contributed by atoms with van der Waals surface area (Å²) < 4.78 is 11.7. The van der Waals surface area contributed by atoms with E-state index in [9.17, 15) is 4.79 Å². The van der Waals surface area contributed by atoms with Crippen molar-refractivity contribution in [3.8, 4) is 0 Å². The fraction of sp³-hybridized carbons (Fsp3) is 0.941. The number of likely N-dealkylation sites (tertiary alicyclic amines) is 1. The molecule has 0 N–H and O–H groups in total. The molecule has 3 fully saturated rings. The molecule has 1 spiro atoms. The molecule has 0 aromatic carbocycles. The second kappa shape index (κ2) is 6.85. The summed E-state index contributed by atoms with van der Waals surface area (Å²) in [6.07, 6.45) is 6.28. The zero-order chi connectivity index (χ0) is 15.6. The smallest absolute Gasteiger partial charge is 0.251 e. The van der Waals surface area contributed by atoms with Gasteiger partial charge in [0, 0.05) is 46.9 Å². The average Bonchev–Trinajstić information content (AvgIpc) is 2.94. The van der Waals surface area contributed by atoms with E-state index in [4.69, 9.17) is 9.47 Å². The van der Waals surface area contributed by atoms with Crippen LogP contribution in [0.5, 0.6) is 0 Å². The van der Waals surface area contributed by atoms with Gasteiger partial charge < -0.3 is 19.3 Å². The van der Waals surface area contributed by atoms with Gasteiger partial charge in [0.1, 0.15) is 6.10 Å². The molecule has 0 aliphatic carbocycles. The van der Waals surface area contributed by atoms with Crippen LogP contribution in [0.2, 0.25) is 0 Å². The first-order valence-electron chi connectivity index (χ1n) is 8.77. The molecule has 126 valence electrons. The molecule has 3 saturated heterocycles. The summed E-state index contributed by atoms with van der Waals surface area (Å²) >= 11 is 0. The summed E-state index contributed by atoms with van der Waals surface area (Å²) in [5.74, 6) is 0.928. The summed E-state index contributed by atoms with van der Waals surface area (Å²) in [5, 5.41) is 0. The van der Waals surface area contributed by atoms with Crippen molar-refractivity contribution in [1.82, 2.24) is 9.80 Å². The number of likely N-dealkylation sites (N-methyl/N-ethyl adjacent to an activating group) is 1. The molecule has 1 atom stereocenters. The van der Waals surface area contributed by atoms with Crippen molar-refractivity contribution < 1.29 is 14.3 Å². The summed E-state index contributed by atoms with van der Waals surface area (Å²) in [7, 11) is 3.63. The van der Waals surface area contributed by atoms with Crippen LogP contribution in [0.1, 0.15) is 38.5 Å². The number of carbonyl (C=O) groups is 1. The van der Waals surface area contributed by atoms with Crippen LogP contribution in [0.3, 0.4) is 0 Å². The molecule has 3 heterocycles. The van der Waals surface area contributed by atoms with Gasteiger partial charge in [-0.2, -0.15) is 0 Å². The number of hydrogen-bond donors (Lipinski definition) is 0. The van der Waals surface area contributed by atoms with E-state index in [1.54, 1.807) is 4.90 Å². The normalized spacial score (nSPS) is 29.8. The van der Waals surface area contributed by atoms with Gasteiger partial charge in [-0.1, -0.05) is 0 Å². The minimum Gasteiger partial charge on any atom is -0.381 e. The monoisotopic (exact) mass is 310 g/mol. The Bertz CT molecular complexity index is 385. The average molecular weight is 310 g/mol. The molecule has 0 radical (unpaired) electrons. The summed E-state index contributed by atoms with van der Waals surface area (Å²) in [5.41, 5.74) is -0.0253. The fourth-order valence-corrected chi connectivity index (χ4v) is 4.08. The van der Waals surface area contributed by atoms with Crippen molar-refractivity contribution in [1.29, 1.82) is 0 Å². The molecule has 0 saturated carbocycles. The molecular weight excluding hydrogens is 280 g/mol. The maximum absolute atomic E-state index is 12.1. The molecule has 5 nitrogen and oxygen atoms in total. The third-order valence-electron chi connectivity index (χ3n) is 5.60. The lowest BCUT2D eigenvalue weighted by Crippen LogP contribution is -2.47. The third kappa shape index (κ3) is 3.63. The van der Waals surface area contributed by atoms with Crippen LogP contribution in [-0.2, 0) is 14.3 Å². The van der Waals surface area contributed by atoms with Crippen LogP contribution in [-0.4, -0.2) is 74.4 Å². The van der Waals surface area contributed by atoms with Gasteiger partial charge in [-0.3, -0.25) is 4.79 Å². The Hall–Kier alpha value is -0.650. The molecule has 3 aliphatic rings. The summed E-state index contributed by atoms with van der Waals surface area (Å²) in [6.45, 7) is 5.29.